The molecule has 24 heavy (non-hydrogen) atoms. The summed E-state index contributed by atoms with van der Waals surface area (Å²) in [7, 11) is -3.48. The fourth-order valence-electron chi connectivity index (χ4n) is 2.04. The number of nitrogens with one attached hydrogen (secondary N) is 2. The molecule has 2 N–H and O–H groups in total. The summed E-state index contributed by atoms with van der Waals surface area (Å²) in [5.74, 6) is 0.765. The Morgan fingerprint density at radius 2 is 1.92 bits per heavy atom. The van der Waals surface area contributed by atoms with Gasteiger partial charge in [-0.2, -0.15) is 0 Å². The number of nitro benzene ring substituents is 1. The van der Waals surface area contributed by atoms with Crippen LogP contribution in [0, 0.1) is 10.1 Å². The monoisotopic (exact) mass is 350 g/mol. The third kappa shape index (κ3) is 4.92. The topological polar surface area (TPSA) is 114 Å². The zero-order chi connectivity index (χ0) is 17.6. The Morgan fingerprint density at radius 3 is 2.54 bits per heavy atom. The lowest BCUT2D eigenvalue weighted by Gasteiger charge is -2.09. The molecule has 1 heterocycles. The number of benzene rings is 1. The van der Waals surface area contributed by atoms with Gasteiger partial charge >= 0.3 is 0 Å². The van der Waals surface area contributed by atoms with Crippen LogP contribution in [0.5, 0.6) is 0 Å². The molecule has 0 aliphatic rings. The molecular formula is C15H18N4O4S. The lowest BCUT2D eigenvalue weighted by atomic mass is 10.2. The summed E-state index contributed by atoms with van der Waals surface area (Å²) in [4.78, 5) is 14.6. The van der Waals surface area contributed by atoms with Gasteiger partial charge in [-0.3, -0.25) is 10.1 Å². The molecule has 0 bridgehead atoms. The van der Waals surface area contributed by atoms with Crippen LogP contribution < -0.4 is 10.6 Å². The van der Waals surface area contributed by atoms with Gasteiger partial charge in [-0.1, -0.05) is 6.07 Å². The van der Waals surface area contributed by atoms with E-state index < -0.39 is 14.8 Å². The first-order valence-corrected chi connectivity index (χ1v) is 9.14. The minimum absolute atomic E-state index is 0.0726. The maximum atomic E-state index is 11.5. The fraction of sp³-hybridized carbons (Fsp3) is 0.267. The van der Waals surface area contributed by atoms with E-state index in [1.165, 1.54) is 12.1 Å². The standard InChI is InChI=1S/C15H18N4O4S/c1-24(22,23)12-6-7-13(14(11-12)19(20)21)16-9-4-10-18-15-5-2-3-8-17-15/h2-3,5-8,11,16H,4,9-10H2,1H3,(H,17,18). The summed E-state index contributed by atoms with van der Waals surface area (Å²) < 4.78 is 23.0. The van der Waals surface area contributed by atoms with Crippen molar-refractivity contribution in [1.82, 2.24) is 4.98 Å². The molecule has 0 unspecified atom stereocenters. The molecule has 1 aromatic carbocycles. The van der Waals surface area contributed by atoms with Crippen LogP contribution in [0.1, 0.15) is 6.42 Å². The summed E-state index contributed by atoms with van der Waals surface area (Å²) in [6.45, 7) is 1.15. The van der Waals surface area contributed by atoms with Gasteiger partial charge in [0.1, 0.15) is 11.5 Å². The van der Waals surface area contributed by atoms with Gasteiger partial charge in [0.25, 0.3) is 5.69 Å². The van der Waals surface area contributed by atoms with Gasteiger partial charge in [-0.05, 0) is 30.7 Å². The highest BCUT2D eigenvalue weighted by molar-refractivity contribution is 7.90. The predicted molar refractivity (Wildman–Crippen MR) is 92.0 cm³/mol. The highest BCUT2D eigenvalue weighted by Gasteiger charge is 2.18. The first kappa shape index (κ1) is 17.7. The average Bonchev–Trinajstić information content (AvgIpc) is 2.54. The number of aromatic nitrogens is 1. The number of pyridine rings is 1. The van der Waals surface area contributed by atoms with E-state index in [4.69, 9.17) is 0 Å². The van der Waals surface area contributed by atoms with Crippen LogP contribution in [0.3, 0.4) is 0 Å². The first-order valence-electron chi connectivity index (χ1n) is 7.25. The van der Waals surface area contributed by atoms with E-state index >= 15 is 0 Å². The number of hydrogen-bond donors (Lipinski definition) is 2. The number of nitrogens with zero attached hydrogens (tertiary/aromatic N) is 2. The minimum atomic E-state index is -3.48. The average molecular weight is 350 g/mol. The Labute approximate surface area is 140 Å². The Bertz CT molecular complexity index is 809. The molecule has 0 radical (unpaired) electrons. The van der Waals surface area contributed by atoms with Crippen molar-refractivity contribution in [1.29, 1.82) is 0 Å². The van der Waals surface area contributed by atoms with Gasteiger partial charge in [0.2, 0.25) is 0 Å². The molecule has 128 valence electrons. The van der Waals surface area contributed by atoms with Crippen LogP contribution in [0.25, 0.3) is 0 Å². The van der Waals surface area contributed by atoms with Gasteiger partial charge in [-0.25, -0.2) is 13.4 Å². The molecule has 2 rings (SSSR count). The smallest absolute Gasteiger partial charge is 0.293 e. The largest absolute Gasteiger partial charge is 0.379 e. The van der Waals surface area contributed by atoms with Gasteiger partial charge in [0.05, 0.1) is 9.82 Å². The van der Waals surface area contributed by atoms with E-state index in [0.29, 0.717) is 25.2 Å². The van der Waals surface area contributed by atoms with Gasteiger partial charge in [0.15, 0.2) is 9.84 Å². The molecular weight excluding hydrogens is 332 g/mol. The van der Waals surface area contributed by atoms with Gasteiger partial charge in [-0.15, -0.1) is 0 Å². The number of sulfone groups is 1. The highest BCUT2D eigenvalue weighted by atomic mass is 32.2. The molecule has 0 fully saturated rings. The van der Waals surface area contributed by atoms with E-state index in [9.17, 15) is 18.5 Å². The molecule has 9 heteroatoms. The third-order valence-corrected chi connectivity index (χ3v) is 4.34. The lowest BCUT2D eigenvalue weighted by molar-refractivity contribution is -0.384. The zero-order valence-corrected chi connectivity index (χ0v) is 13.9. The maximum absolute atomic E-state index is 11.5. The van der Waals surface area contributed by atoms with Gasteiger partial charge in [0, 0.05) is 31.6 Å². The molecule has 0 aliphatic heterocycles. The normalized spacial score (nSPS) is 11.0. The van der Waals surface area contributed by atoms with Crippen LogP contribution in [0.15, 0.2) is 47.5 Å². The second kappa shape index (κ2) is 7.73. The predicted octanol–water partition coefficient (Wildman–Crippen LogP) is 2.31. The Balaban J connectivity index is 1.93. The van der Waals surface area contributed by atoms with Crippen LogP contribution in [0.2, 0.25) is 0 Å². The van der Waals surface area contributed by atoms with E-state index in [2.05, 4.69) is 15.6 Å². The van der Waals surface area contributed by atoms with Crippen LogP contribution in [0.4, 0.5) is 17.2 Å². The molecule has 8 nitrogen and oxygen atoms in total. The van der Waals surface area contributed by atoms with Crippen molar-refractivity contribution in [3.05, 3.63) is 52.7 Å². The van der Waals surface area contributed by atoms with E-state index in [1.54, 1.807) is 6.20 Å². The SMILES string of the molecule is CS(=O)(=O)c1ccc(NCCCNc2ccccn2)c([N+](=O)[O-])c1. The molecule has 0 saturated heterocycles. The highest BCUT2D eigenvalue weighted by Crippen LogP contribution is 2.27. The van der Waals surface area contributed by atoms with Crippen molar-refractivity contribution in [3.8, 4) is 0 Å². The molecule has 2 aromatic rings. The summed E-state index contributed by atoms with van der Waals surface area (Å²) >= 11 is 0. The molecule has 0 spiro atoms. The summed E-state index contributed by atoms with van der Waals surface area (Å²) in [6, 6.07) is 9.40. The number of nitro groups is 1. The lowest BCUT2D eigenvalue weighted by Crippen LogP contribution is -2.11. The van der Waals surface area contributed by atoms with Crippen molar-refractivity contribution in [3.63, 3.8) is 0 Å². The van der Waals surface area contributed by atoms with Crippen LogP contribution in [-0.2, 0) is 9.84 Å². The fourth-order valence-corrected chi connectivity index (χ4v) is 2.68. The minimum Gasteiger partial charge on any atom is -0.379 e. The summed E-state index contributed by atoms with van der Waals surface area (Å²) in [6.07, 6.45) is 3.41. The van der Waals surface area contributed by atoms with Crippen molar-refractivity contribution < 1.29 is 13.3 Å². The van der Waals surface area contributed by atoms with E-state index in [1.807, 2.05) is 18.2 Å². The van der Waals surface area contributed by atoms with Crippen molar-refractivity contribution >= 4 is 27.0 Å². The summed E-state index contributed by atoms with van der Waals surface area (Å²) in [5.41, 5.74) is 0.0425. The van der Waals surface area contributed by atoms with Crippen molar-refractivity contribution in [2.24, 2.45) is 0 Å². The molecule has 0 atom stereocenters. The van der Waals surface area contributed by atoms with E-state index in [-0.39, 0.29) is 10.6 Å². The van der Waals surface area contributed by atoms with Crippen molar-refractivity contribution in [2.45, 2.75) is 11.3 Å². The Kier molecular flexibility index (Phi) is 5.69. The molecule has 0 aliphatic carbocycles. The summed E-state index contributed by atoms with van der Waals surface area (Å²) in [5, 5.41) is 17.2. The zero-order valence-electron chi connectivity index (χ0n) is 13.1. The third-order valence-electron chi connectivity index (χ3n) is 3.23. The van der Waals surface area contributed by atoms with Crippen molar-refractivity contribution in [2.75, 3.05) is 30.0 Å². The molecule has 0 amide bonds. The maximum Gasteiger partial charge on any atom is 0.293 e. The first-order chi connectivity index (χ1) is 11.4. The van der Waals surface area contributed by atoms with Crippen LogP contribution >= 0.6 is 0 Å². The Hall–Kier alpha value is -2.68. The molecule has 0 saturated carbocycles. The second-order valence-electron chi connectivity index (χ2n) is 5.13. The number of hydrogen-bond acceptors (Lipinski definition) is 7. The van der Waals surface area contributed by atoms with E-state index in [0.717, 1.165) is 18.1 Å². The van der Waals surface area contributed by atoms with Gasteiger partial charge < -0.3 is 10.6 Å². The number of anilines is 2. The quantitative estimate of drug-likeness (QED) is 0.426. The Morgan fingerprint density at radius 1 is 1.17 bits per heavy atom. The number of rotatable bonds is 8. The second-order valence-corrected chi connectivity index (χ2v) is 7.15. The molecule has 1 aromatic heterocycles. The van der Waals surface area contributed by atoms with Crippen LogP contribution in [-0.4, -0.2) is 37.7 Å².